The molecule has 1 fully saturated rings. The van der Waals surface area contributed by atoms with Crippen molar-refractivity contribution < 1.29 is 4.79 Å². The third-order valence-corrected chi connectivity index (χ3v) is 3.51. The van der Waals surface area contributed by atoms with Crippen molar-refractivity contribution in [1.82, 2.24) is 15.5 Å². The number of anilines is 1. The summed E-state index contributed by atoms with van der Waals surface area (Å²) in [6, 6.07) is 0.458. The van der Waals surface area contributed by atoms with Gasteiger partial charge in [-0.2, -0.15) is 0 Å². The second-order valence-electron chi connectivity index (χ2n) is 3.73. The summed E-state index contributed by atoms with van der Waals surface area (Å²) in [5.74, 6) is 0.155. The number of amides is 1. The highest BCUT2D eigenvalue weighted by atomic mass is 79.9. The minimum absolute atomic E-state index is 0.155. The molecule has 16 heavy (non-hydrogen) atoms. The van der Waals surface area contributed by atoms with Crippen molar-refractivity contribution in [2.45, 2.75) is 31.7 Å². The molecule has 0 saturated heterocycles. The maximum absolute atomic E-state index is 11.3. The molecule has 0 radical (unpaired) electrons. The Kier molecular flexibility index (Phi) is 4.11. The SMILES string of the molecule is O=C(CCCNc1nnc(Br)s1)NC1CC1. The highest BCUT2D eigenvalue weighted by Gasteiger charge is 2.22. The molecule has 0 unspecified atom stereocenters. The summed E-state index contributed by atoms with van der Waals surface area (Å²) >= 11 is 4.69. The van der Waals surface area contributed by atoms with Crippen molar-refractivity contribution in [1.29, 1.82) is 0 Å². The molecule has 1 saturated carbocycles. The Hall–Kier alpha value is -0.690. The van der Waals surface area contributed by atoms with Gasteiger partial charge in [0.1, 0.15) is 0 Å². The fraction of sp³-hybridized carbons (Fsp3) is 0.667. The van der Waals surface area contributed by atoms with E-state index in [0.717, 1.165) is 34.9 Å². The fourth-order valence-electron chi connectivity index (χ4n) is 1.25. The number of hydrogen-bond acceptors (Lipinski definition) is 5. The van der Waals surface area contributed by atoms with Crippen LogP contribution < -0.4 is 10.6 Å². The molecule has 1 heterocycles. The van der Waals surface area contributed by atoms with Crippen molar-refractivity contribution in [3.63, 3.8) is 0 Å². The van der Waals surface area contributed by atoms with E-state index in [-0.39, 0.29) is 5.91 Å². The van der Waals surface area contributed by atoms with E-state index in [0.29, 0.717) is 12.5 Å². The summed E-state index contributed by atoms with van der Waals surface area (Å²) in [7, 11) is 0. The normalized spacial score (nSPS) is 14.8. The molecule has 2 N–H and O–H groups in total. The van der Waals surface area contributed by atoms with Gasteiger partial charge >= 0.3 is 0 Å². The quantitative estimate of drug-likeness (QED) is 0.786. The molecule has 1 aromatic heterocycles. The maximum Gasteiger partial charge on any atom is 0.220 e. The van der Waals surface area contributed by atoms with E-state index in [2.05, 4.69) is 36.8 Å². The van der Waals surface area contributed by atoms with Gasteiger partial charge in [-0.1, -0.05) is 11.3 Å². The standard InChI is InChI=1S/C9H13BrN4OS/c10-8-13-14-9(16-8)11-5-1-2-7(15)12-6-3-4-6/h6H,1-5H2,(H,11,14)(H,12,15). The van der Waals surface area contributed by atoms with Crippen LogP contribution in [0.25, 0.3) is 0 Å². The molecule has 1 aromatic rings. The van der Waals surface area contributed by atoms with E-state index in [4.69, 9.17) is 0 Å². The molecule has 0 spiro atoms. The molecule has 88 valence electrons. The predicted octanol–water partition coefficient (Wildman–Crippen LogP) is 1.77. The Morgan fingerprint density at radius 3 is 2.94 bits per heavy atom. The summed E-state index contributed by atoms with van der Waals surface area (Å²) in [5, 5.41) is 14.6. The van der Waals surface area contributed by atoms with E-state index in [1.807, 2.05) is 0 Å². The highest BCUT2D eigenvalue weighted by molar-refractivity contribution is 9.11. The van der Waals surface area contributed by atoms with Gasteiger partial charge in [0.25, 0.3) is 0 Å². The first-order valence-electron chi connectivity index (χ1n) is 5.26. The third-order valence-electron chi connectivity index (χ3n) is 2.20. The number of nitrogens with one attached hydrogen (secondary N) is 2. The van der Waals surface area contributed by atoms with Crippen LogP contribution in [0.5, 0.6) is 0 Å². The minimum atomic E-state index is 0.155. The Balaban J connectivity index is 1.55. The van der Waals surface area contributed by atoms with Crippen molar-refractivity contribution in [2.24, 2.45) is 0 Å². The van der Waals surface area contributed by atoms with Gasteiger partial charge in [-0.25, -0.2) is 0 Å². The molecule has 1 amide bonds. The molecular weight excluding hydrogens is 292 g/mol. The summed E-state index contributed by atoms with van der Waals surface area (Å²) < 4.78 is 0.765. The minimum Gasteiger partial charge on any atom is -0.360 e. The van der Waals surface area contributed by atoms with E-state index in [9.17, 15) is 4.79 Å². The molecule has 1 aliphatic rings. The number of hydrogen-bond donors (Lipinski definition) is 2. The van der Waals surface area contributed by atoms with Gasteiger partial charge in [-0.15, -0.1) is 10.2 Å². The van der Waals surface area contributed by atoms with E-state index < -0.39 is 0 Å². The van der Waals surface area contributed by atoms with Crippen molar-refractivity contribution >= 4 is 38.3 Å². The van der Waals surface area contributed by atoms with Crippen LogP contribution in [0.4, 0.5) is 5.13 Å². The first-order valence-corrected chi connectivity index (χ1v) is 6.87. The lowest BCUT2D eigenvalue weighted by atomic mass is 10.3. The number of aromatic nitrogens is 2. The Morgan fingerprint density at radius 1 is 1.50 bits per heavy atom. The van der Waals surface area contributed by atoms with Gasteiger partial charge in [0.15, 0.2) is 3.92 Å². The highest BCUT2D eigenvalue weighted by Crippen LogP contribution is 2.20. The van der Waals surface area contributed by atoms with Crippen molar-refractivity contribution in [2.75, 3.05) is 11.9 Å². The molecule has 0 atom stereocenters. The lowest BCUT2D eigenvalue weighted by molar-refractivity contribution is -0.121. The first-order chi connectivity index (χ1) is 7.74. The number of carbonyl (C=O) groups excluding carboxylic acids is 1. The Labute approximate surface area is 106 Å². The summed E-state index contributed by atoms with van der Waals surface area (Å²) in [6.07, 6.45) is 3.67. The zero-order valence-electron chi connectivity index (χ0n) is 8.70. The lowest BCUT2D eigenvalue weighted by Gasteiger charge is -2.03. The van der Waals surface area contributed by atoms with Gasteiger partial charge in [0.05, 0.1) is 0 Å². The molecule has 0 aromatic carbocycles. The Bertz CT molecular complexity index is 366. The average molecular weight is 305 g/mol. The van der Waals surface area contributed by atoms with Gasteiger partial charge in [-0.05, 0) is 35.2 Å². The number of carbonyl (C=O) groups is 1. The molecule has 0 bridgehead atoms. The molecular formula is C9H13BrN4OS. The van der Waals surface area contributed by atoms with Crippen LogP contribution in [-0.2, 0) is 4.79 Å². The summed E-state index contributed by atoms with van der Waals surface area (Å²) in [6.45, 7) is 0.750. The van der Waals surface area contributed by atoms with E-state index in [1.54, 1.807) is 0 Å². The molecule has 1 aliphatic carbocycles. The van der Waals surface area contributed by atoms with Crippen LogP contribution in [0.2, 0.25) is 0 Å². The monoisotopic (exact) mass is 304 g/mol. The largest absolute Gasteiger partial charge is 0.360 e. The summed E-state index contributed by atoms with van der Waals surface area (Å²) in [4.78, 5) is 11.3. The maximum atomic E-state index is 11.3. The second kappa shape index (κ2) is 5.58. The van der Waals surface area contributed by atoms with E-state index >= 15 is 0 Å². The number of halogens is 1. The van der Waals surface area contributed by atoms with Crippen LogP contribution in [0.3, 0.4) is 0 Å². The zero-order chi connectivity index (χ0) is 11.4. The molecule has 2 rings (SSSR count). The first kappa shape index (κ1) is 11.8. The zero-order valence-corrected chi connectivity index (χ0v) is 11.1. The number of nitrogens with zero attached hydrogens (tertiary/aromatic N) is 2. The molecule has 0 aliphatic heterocycles. The van der Waals surface area contributed by atoms with Gasteiger partial charge < -0.3 is 10.6 Å². The van der Waals surface area contributed by atoms with Crippen LogP contribution in [0.15, 0.2) is 3.92 Å². The lowest BCUT2D eigenvalue weighted by Crippen LogP contribution is -2.25. The summed E-state index contributed by atoms with van der Waals surface area (Å²) in [5.41, 5.74) is 0. The van der Waals surface area contributed by atoms with Crippen LogP contribution in [0.1, 0.15) is 25.7 Å². The fourth-order valence-corrected chi connectivity index (χ4v) is 2.28. The topological polar surface area (TPSA) is 66.9 Å². The van der Waals surface area contributed by atoms with Gasteiger partial charge in [0, 0.05) is 19.0 Å². The second-order valence-corrected chi connectivity index (χ2v) is 5.99. The van der Waals surface area contributed by atoms with E-state index in [1.165, 1.54) is 11.3 Å². The third kappa shape index (κ3) is 4.05. The average Bonchev–Trinajstić information content (AvgIpc) is 2.95. The number of rotatable bonds is 6. The Morgan fingerprint density at radius 2 is 2.31 bits per heavy atom. The van der Waals surface area contributed by atoms with Crippen LogP contribution >= 0.6 is 27.3 Å². The predicted molar refractivity (Wildman–Crippen MR) is 66.5 cm³/mol. The van der Waals surface area contributed by atoms with Crippen molar-refractivity contribution in [3.8, 4) is 0 Å². The van der Waals surface area contributed by atoms with Crippen LogP contribution in [-0.4, -0.2) is 28.7 Å². The van der Waals surface area contributed by atoms with Gasteiger partial charge in [-0.3, -0.25) is 4.79 Å². The van der Waals surface area contributed by atoms with Crippen molar-refractivity contribution in [3.05, 3.63) is 3.92 Å². The smallest absolute Gasteiger partial charge is 0.220 e. The molecule has 5 nitrogen and oxygen atoms in total. The van der Waals surface area contributed by atoms with Gasteiger partial charge in [0.2, 0.25) is 11.0 Å². The van der Waals surface area contributed by atoms with Crippen LogP contribution in [0, 0.1) is 0 Å². The molecule has 7 heteroatoms.